The Kier molecular flexibility index (Phi) is 3.43. The summed E-state index contributed by atoms with van der Waals surface area (Å²) >= 11 is 3.06. The summed E-state index contributed by atoms with van der Waals surface area (Å²) < 4.78 is 12.0. The predicted octanol–water partition coefficient (Wildman–Crippen LogP) is 2.25. The number of hydrogen-bond donors (Lipinski definition) is 0. The van der Waals surface area contributed by atoms with E-state index in [0.29, 0.717) is 0 Å². The molecule has 0 rings (SSSR count). The lowest BCUT2D eigenvalue weighted by Crippen LogP contribution is -1.60. The van der Waals surface area contributed by atoms with E-state index < -0.39 is 0 Å². The molecule has 0 fully saturated rings. The second-order valence-electron chi connectivity index (χ2n) is 0.945. The van der Waals surface area contributed by atoms with Crippen molar-refractivity contribution < 1.29 is 4.39 Å². The predicted molar refractivity (Wildman–Crippen MR) is 28.7 cm³/mol. The number of alkyl halides is 1. The molecule has 0 aliphatic carbocycles. The smallest absolute Gasteiger partial charge is 0.109 e. The normalized spacial score (nSPS) is 12.2. The van der Waals surface area contributed by atoms with Crippen LogP contribution >= 0.6 is 15.9 Å². The third kappa shape index (κ3) is 4.15. The van der Waals surface area contributed by atoms with Gasteiger partial charge in [-0.3, -0.25) is 0 Å². The van der Waals surface area contributed by atoms with Gasteiger partial charge in [0.2, 0.25) is 0 Å². The minimum atomic E-state index is -0.378. The topological polar surface area (TPSA) is 0 Å². The van der Waals surface area contributed by atoms with Gasteiger partial charge in [-0.2, -0.15) is 0 Å². The van der Waals surface area contributed by atoms with Gasteiger partial charge in [-0.25, -0.2) is 4.39 Å². The number of rotatable bonds is 1. The van der Waals surface area contributed by atoms with Crippen LogP contribution in [-0.2, 0) is 0 Å². The lowest BCUT2D eigenvalue weighted by molar-refractivity contribution is 0.561. The van der Waals surface area contributed by atoms with E-state index in [1.54, 1.807) is 6.92 Å². The molecular formula is C4H6BrF. The summed E-state index contributed by atoms with van der Waals surface area (Å²) in [4.78, 5) is 0. The second kappa shape index (κ2) is 3.34. The molecule has 36 valence electrons. The summed E-state index contributed by atoms with van der Waals surface area (Å²) in [7, 11) is 0. The minimum absolute atomic E-state index is 0.378. The van der Waals surface area contributed by atoms with Gasteiger partial charge in [0.05, 0.1) is 0 Å². The monoisotopic (exact) mass is 152 g/mol. The van der Waals surface area contributed by atoms with Crippen LogP contribution in [0.5, 0.6) is 0 Å². The zero-order valence-corrected chi connectivity index (χ0v) is 5.13. The number of hydrogen-bond acceptors (Lipinski definition) is 0. The fourth-order valence-electron chi connectivity index (χ4n) is 0.106. The van der Waals surface area contributed by atoms with Crippen LogP contribution in [0.1, 0.15) is 6.92 Å². The molecule has 0 aromatic carbocycles. The van der Waals surface area contributed by atoms with Gasteiger partial charge in [0, 0.05) is 0 Å². The first-order chi connectivity index (χ1) is 2.77. The van der Waals surface area contributed by atoms with Crippen molar-refractivity contribution in [1.82, 2.24) is 0 Å². The van der Waals surface area contributed by atoms with Crippen LogP contribution in [0.4, 0.5) is 4.39 Å². The number of allylic oxidation sites excluding steroid dienone is 2. The van der Waals surface area contributed by atoms with E-state index in [9.17, 15) is 4.39 Å². The summed E-state index contributed by atoms with van der Waals surface area (Å²) in [6.07, 6.45) is 1.46. The molecule has 0 atom stereocenters. The van der Waals surface area contributed by atoms with Crippen molar-refractivity contribution in [2.45, 2.75) is 6.92 Å². The van der Waals surface area contributed by atoms with E-state index in [0.717, 1.165) is 4.48 Å². The van der Waals surface area contributed by atoms with Gasteiger partial charge in [0.1, 0.15) is 6.67 Å². The van der Waals surface area contributed by atoms with Gasteiger partial charge in [-0.05, 0) is 17.5 Å². The van der Waals surface area contributed by atoms with Crippen LogP contribution in [0.3, 0.4) is 0 Å². The summed E-state index contributed by atoms with van der Waals surface area (Å²) in [5.41, 5.74) is 0. The third-order valence-corrected chi connectivity index (χ3v) is 0.682. The molecule has 6 heavy (non-hydrogen) atoms. The third-order valence-electron chi connectivity index (χ3n) is 0.358. The van der Waals surface area contributed by atoms with E-state index in [4.69, 9.17) is 0 Å². The molecule has 0 nitrogen and oxygen atoms in total. The first-order valence-corrected chi connectivity index (χ1v) is 2.45. The van der Waals surface area contributed by atoms with Crippen LogP contribution < -0.4 is 0 Å². The standard InChI is InChI=1S/C4H6BrF/c1-4(5)2-3-6/h2H,3H2,1H3. The largest absolute Gasteiger partial charge is 0.247 e. The molecule has 0 aromatic heterocycles. The zero-order valence-electron chi connectivity index (χ0n) is 3.54. The van der Waals surface area contributed by atoms with Crippen LogP contribution in [0.25, 0.3) is 0 Å². The Morgan fingerprint density at radius 1 is 2.00 bits per heavy atom. The molecule has 0 aliphatic heterocycles. The molecule has 0 heterocycles. The van der Waals surface area contributed by atoms with E-state index >= 15 is 0 Å². The molecule has 0 unspecified atom stereocenters. The second-order valence-corrected chi connectivity index (χ2v) is 2.20. The highest BCUT2D eigenvalue weighted by Crippen LogP contribution is 1.99. The fourth-order valence-corrected chi connectivity index (χ4v) is 0.229. The van der Waals surface area contributed by atoms with Gasteiger partial charge in [-0.15, -0.1) is 0 Å². The Morgan fingerprint density at radius 2 is 2.50 bits per heavy atom. The molecule has 0 saturated heterocycles. The zero-order chi connectivity index (χ0) is 4.99. The van der Waals surface area contributed by atoms with Crippen LogP contribution in [0, 0.1) is 0 Å². The van der Waals surface area contributed by atoms with Crippen molar-refractivity contribution in [3.05, 3.63) is 10.6 Å². The van der Waals surface area contributed by atoms with Crippen molar-refractivity contribution in [3.8, 4) is 0 Å². The fraction of sp³-hybridized carbons (Fsp3) is 0.500. The highest BCUT2D eigenvalue weighted by atomic mass is 79.9. The maximum absolute atomic E-state index is 11.1. The van der Waals surface area contributed by atoms with Crippen molar-refractivity contribution in [2.24, 2.45) is 0 Å². The molecule has 0 aliphatic rings. The van der Waals surface area contributed by atoms with Gasteiger partial charge in [0.25, 0.3) is 0 Å². The first kappa shape index (κ1) is 6.15. The highest BCUT2D eigenvalue weighted by Gasteiger charge is 1.72. The minimum Gasteiger partial charge on any atom is -0.247 e. The first-order valence-electron chi connectivity index (χ1n) is 1.65. The Balaban J connectivity index is 3.14. The van der Waals surface area contributed by atoms with E-state index in [2.05, 4.69) is 15.9 Å². The summed E-state index contributed by atoms with van der Waals surface area (Å²) in [6.45, 7) is 1.41. The van der Waals surface area contributed by atoms with Crippen LogP contribution in [-0.4, -0.2) is 6.67 Å². The van der Waals surface area contributed by atoms with Crippen LogP contribution in [0.2, 0.25) is 0 Å². The van der Waals surface area contributed by atoms with Gasteiger partial charge in [0.15, 0.2) is 0 Å². The molecular weight excluding hydrogens is 147 g/mol. The summed E-state index contributed by atoms with van der Waals surface area (Å²) in [5, 5.41) is 0. The van der Waals surface area contributed by atoms with Gasteiger partial charge < -0.3 is 0 Å². The summed E-state index contributed by atoms with van der Waals surface area (Å²) in [5.74, 6) is 0. The molecule has 0 saturated carbocycles. The quantitative estimate of drug-likeness (QED) is 0.541. The van der Waals surface area contributed by atoms with E-state index in [-0.39, 0.29) is 6.67 Å². The lowest BCUT2D eigenvalue weighted by Gasteiger charge is -1.75. The lowest BCUT2D eigenvalue weighted by atomic mass is 10.6. The van der Waals surface area contributed by atoms with Crippen molar-refractivity contribution >= 4 is 15.9 Å². The maximum atomic E-state index is 11.1. The van der Waals surface area contributed by atoms with E-state index in [1.807, 2.05) is 0 Å². The summed E-state index contributed by atoms with van der Waals surface area (Å²) in [6, 6.07) is 0. The van der Waals surface area contributed by atoms with Crippen molar-refractivity contribution in [1.29, 1.82) is 0 Å². The molecule has 0 bridgehead atoms. The molecule has 2 heteroatoms. The van der Waals surface area contributed by atoms with Crippen molar-refractivity contribution in [2.75, 3.05) is 6.67 Å². The molecule has 0 amide bonds. The highest BCUT2D eigenvalue weighted by molar-refractivity contribution is 9.11. The number of halogens is 2. The van der Waals surface area contributed by atoms with Gasteiger partial charge in [-0.1, -0.05) is 15.9 Å². The van der Waals surface area contributed by atoms with Crippen molar-refractivity contribution in [3.63, 3.8) is 0 Å². The Labute approximate surface area is 45.2 Å². The Hall–Kier alpha value is 0.150. The Bertz CT molecular complexity index is 54.6. The Morgan fingerprint density at radius 3 is 2.50 bits per heavy atom. The molecule has 0 aromatic rings. The van der Waals surface area contributed by atoms with Gasteiger partial charge >= 0.3 is 0 Å². The average Bonchev–Trinajstić information content (AvgIpc) is 1.35. The SMILES string of the molecule is CC(Br)=CCF. The molecule has 0 N–H and O–H groups in total. The molecule has 0 radical (unpaired) electrons. The molecule has 0 spiro atoms. The van der Waals surface area contributed by atoms with E-state index in [1.165, 1.54) is 6.08 Å². The van der Waals surface area contributed by atoms with Crippen LogP contribution in [0.15, 0.2) is 10.6 Å². The maximum Gasteiger partial charge on any atom is 0.109 e. The average molecular weight is 153 g/mol.